The van der Waals surface area contributed by atoms with E-state index in [1.54, 1.807) is 19.1 Å². The number of carboxylic acid groups (broad SMARTS) is 1. The molecule has 0 bridgehead atoms. The minimum atomic E-state index is -0.916. The van der Waals surface area contributed by atoms with Gasteiger partial charge in [-0.25, -0.2) is 4.39 Å². The molecule has 0 unspecified atom stereocenters. The Balaban J connectivity index is 1.51. The van der Waals surface area contributed by atoms with Gasteiger partial charge in [-0.2, -0.15) is 0 Å². The summed E-state index contributed by atoms with van der Waals surface area (Å²) in [6.07, 6.45) is 5.71. The van der Waals surface area contributed by atoms with Gasteiger partial charge in [0.2, 0.25) is 5.91 Å². The second kappa shape index (κ2) is 10.1. The highest BCUT2D eigenvalue weighted by Gasteiger charge is 2.42. The minimum Gasteiger partial charge on any atom is -0.481 e. The second-order valence-corrected chi connectivity index (χ2v) is 11.8. The normalized spacial score (nSPS) is 20.8. The molecular weight excluding hydrogens is 447 g/mol. The molecule has 0 aliphatic heterocycles. The summed E-state index contributed by atoms with van der Waals surface area (Å²) < 4.78 is 20.2. The van der Waals surface area contributed by atoms with Crippen LogP contribution in [-0.2, 0) is 9.59 Å². The molecule has 4 rings (SSSR count). The van der Waals surface area contributed by atoms with Crippen LogP contribution in [0.2, 0.25) is 0 Å². The molecule has 35 heavy (non-hydrogen) atoms. The van der Waals surface area contributed by atoms with Crippen molar-refractivity contribution in [3.05, 3.63) is 46.6 Å². The van der Waals surface area contributed by atoms with E-state index >= 15 is 0 Å². The monoisotopic (exact) mass is 484 g/mol. The quantitative estimate of drug-likeness (QED) is 0.382. The van der Waals surface area contributed by atoms with E-state index in [1.165, 1.54) is 12.5 Å². The molecule has 1 heterocycles. The van der Waals surface area contributed by atoms with Crippen molar-refractivity contribution in [2.45, 2.75) is 96.8 Å². The van der Waals surface area contributed by atoms with Crippen LogP contribution in [0.1, 0.15) is 112 Å². The van der Waals surface area contributed by atoms with Crippen LogP contribution in [-0.4, -0.2) is 22.1 Å². The maximum atomic E-state index is 14.3. The fourth-order valence-electron chi connectivity index (χ4n) is 5.46. The zero-order valence-corrected chi connectivity index (χ0v) is 21.2. The largest absolute Gasteiger partial charge is 0.481 e. The van der Waals surface area contributed by atoms with E-state index in [0.717, 1.165) is 48.3 Å². The lowest BCUT2D eigenvalue weighted by molar-refractivity contribution is -0.137. The Morgan fingerprint density at radius 1 is 1.23 bits per heavy atom. The number of hydrogen-bond acceptors (Lipinski definition) is 4. The standard InChI is InChI=1S/C28H37FN2O4/c1-16-5-9-22(21(29)11-16)30-23(32)14-19(8-10-24(33)34)26-25(18-6-7-18)27(35-31-26)20-12-17(13-20)15-28(2,3)4/h5,9,11,17-20H,6-8,10,12-15H2,1-4H3,(H,30,32)(H,33,34)/t17-,19-,20-/m1/s1. The Kier molecular flexibility index (Phi) is 7.34. The Bertz CT molecular complexity index is 1080. The first-order valence-corrected chi connectivity index (χ1v) is 12.8. The van der Waals surface area contributed by atoms with Gasteiger partial charge in [0, 0.05) is 30.2 Å². The maximum absolute atomic E-state index is 14.3. The van der Waals surface area contributed by atoms with Gasteiger partial charge in [-0.05, 0) is 80.4 Å². The van der Waals surface area contributed by atoms with Crippen LogP contribution in [0.3, 0.4) is 0 Å². The second-order valence-electron chi connectivity index (χ2n) is 11.8. The highest BCUT2D eigenvalue weighted by atomic mass is 19.1. The van der Waals surface area contributed by atoms with Crippen LogP contribution in [0.25, 0.3) is 0 Å². The predicted molar refractivity (Wildman–Crippen MR) is 132 cm³/mol. The summed E-state index contributed by atoms with van der Waals surface area (Å²) in [4.78, 5) is 24.2. The molecule has 7 heteroatoms. The topological polar surface area (TPSA) is 92.4 Å². The van der Waals surface area contributed by atoms with E-state index in [9.17, 15) is 19.1 Å². The van der Waals surface area contributed by atoms with Crippen molar-refractivity contribution in [1.82, 2.24) is 5.16 Å². The van der Waals surface area contributed by atoms with E-state index < -0.39 is 17.7 Å². The fourth-order valence-corrected chi connectivity index (χ4v) is 5.46. The average Bonchev–Trinajstić information content (AvgIpc) is 3.47. The minimum absolute atomic E-state index is 0.0314. The Morgan fingerprint density at radius 3 is 2.54 bits per heavy atom. The first kappa shape index (κ1) is 25.4. The molecule has 1 atom stereocenters. The highest BCUT2D eigenvalue weighted by molar-refractivity contribution is 5.91. The molecule has 1 aromatic heterocycles. The lowest BCUT2D eigenvalue weighted by Gasteiger charge is -2.38. The number of nitrogens with one attached hydrogen (secondary N) is 1. The zero-order chi connectivity index (χ0) is 25.3. The van der Waals surface area contributed by atoms with Crippen LogP contribution >= 0.6 is 0 Å². The van der Waals surface area contributed by atoms with Gasteiger partial charge in [-0.1, -0.05) is 32.0 Å². The van der Waals surface area contributed by atoms with Gasteiger partial charge in [-0.15, -0.1) is 0 Å². The number of aromatic nitrogens is 1. The number of carboxylic acids is 1. The van der Waals surface area contributed by atoms with Gasteiger partial charge < -0.3 is 14.9 Å². The Labute approximate surface area is 206 Å². The molecule has 2 aliphatic rings. The number of halogens is 1. The third-order valence-corrected chi connectivity index (χ3v) is 7.20. The van der Waals surface area contributed by atoms with Crippen molar-refractivity contribution in [2.24, 2.45) is 11.3 Å². The summed E-state index contributed by atoms with van der Waals surface area (Å²) in [6, 6.07) is 4.66. The predicted octanol–water partition coefficient (Wildman–Crippen LogP) is 6.91. The van der Waals surface area contributed by atoms with Gasteiger partial charge in [0.1, 0.15) is 11.6 Å². The first-order valence-electron chi connectivity index (χ1n) is 12.8. The van der Waals surface area contributed by atoms with E-state index in [1.807, 2.05) is 0 Å². The first-order chi connectivity index (χ1) is 16.5. The maximum Gasteiger partial charge on any atom is 0.303 e. The Hall–Kier alpha value is -2.70. The molecule has 2 aliphatic carbocycles. The van der Waals surface area contributed by atoms with Crippen molar-refractivity contribution in [1.29, 1.82) is 0 Å². The van der Waals surface area contributed by atoms with E-state index in [-0.39, 0.29) is 30.9 Å². The molecule has 1 amide bonds. The van der Waals surface area contributed by atoms with Crippen LogP contribution in [0, 0.1) is 24.1 Å². The lowest BCUT2D eigenvalue weighted by Crippen LogP contribution is -2.26. The number of carbonyl (C=O) groups excluding carboxylic acids is 1. The van der Waals surface area contributed by atoms with Crippen molar-refractivity contribution < 1.29 is 23.6 Å². The Morgan fingerprint density at radius 2 is 1.94 bits per heavy atom. The highest BCUT2D eigenvalue weighted by Crippen LogP contribution is 2.53. The van der Waals surface area contributed by atoms with Crippen molar-refractivity contribution >= 4 is 17.6 Å². The summed E-state index contributed by atoms with van der Waals surface area (Å²) in [5, 5.41) is 16.4. The summed E-state index contributed by atoms with van der Waals surface area (Å²) >= 11 is 0. The summed E-state index contributed by atoms with van der Waals surface area (Å²) in [5.74, 6) is 0.184. The SMILES string of the molecule is Cc1ccc(NC(=O)C[C@@H](CCC(=O)O)c2noc([C@H]3C[C@H](CC(C)(C)C)C3)c2C2CC2)c(F)c1. The molecular formula is C28H37FN2O4. The van der Waals surface area contributed by atoms with Crippen LogP contribution < -0.4 is 5.32 Å². The van der Waals surface area contributed by atoms with E-state index in [4.69, 9.17) is 4.52 Å². The van der Waals surface area contributed by atoms with Crippen molar-refractivity contribution in [2.75, 3.05) is 5.32 Å². The molecule has 2 N–H and O–H groups in total. The third kappa shape index (κ3) is 6.50. The number of carbonyl (C=O) groups is 2. The smallest absolute Gasteiger partial charge is 0.303 e. The number of amides is 1. The van der Waals surface area contributed by atoms with E-state index in [0.29, 0.717) is 23.2 Å². The number of anilines is 1. The number of hydrogen-bond donors (Lipinski definition) is 2. The molecule has 2 fully saturated rings. The van der Waals surface area contributed by atoms with Gasteiger partial charge in [0.15, 0.2) is 0 Å². The van der Waals surface area contributed by atoms with Crippen LogP contribution in [0.15, 0.2) is 22.7 Å². The molecule has 0 radical (unpaired) electrons. The number of nitrogens with zero attached hydrogens (tertiary/aromatic N) is 1. The average molecular weight is 485 g/mol. The summed E-state index contributed by atoms with van der Waals surface area (Å²) in [5.41, 5.74) is 3.02. The molecule has 2 saturated carbocycles. The van der Waals surface area contributed by atoms with Gasteiger partial charge >= 0.3 is 5.97 Å². The molecule has 6 nitrogen and oxygen atoms in total. The fraction of sp³-hybridized carbons (Fsp3) is 0.607. The zero-order valence-electron chi connectivity index (χ0n) is 21.2. The van der Waals surface area contributed by atoms with Gasteiger partial charge in [0.25, 0.3) is 0 Å². The number of aliphatic carboxylic acids is 1. The van der Waals surface area contributed by atoms with Crippen molar-refractivity contribution in [3.8, 4) is 0 Å². The number of aryl methyl sites for hydroxylation is 1. The summed E-state index contributed by atoms with van der Waals surface area (Å²) in [6.45, 7) is 8.58. The van der Waals surface area contributed by atoms with Gasteiger partial charge in [0.05, 0.1) is 11.4 Å². The molecule has 2 aromatic rings. The lowest BCUT2D eigenvalue weighted by atomic mass is 9.66. The molecule has 1 aromatic carbocycles. The number of rotatable bonds is 10. The molecule has 190 valence electrons. The number of benzene rings is 1. The molecule has 0 spiro atoms. The van der Waals surface area contributed by atoms with Crippen LogP contribution in [0.4, 0.5) is 10.1 Å². The van der Waals surface area contributed by atoms with Crippen LogP contribution in [0.5, 0.6) is 0 Å². The van der Waals surface area contributed by atoms with Crippen molar-refractivity contribution in [3.63, 3.8) is 0 Å². The van der Waals surface area contributed by atoms with Gasteiger partial charge in [-0.3, -0.25) is 9.59 Å². The molecule has 0 saturated heterocycles. The van der Waals surface area contributed by atoms with E-state index in [2.05, 4.69) is 31.2 Å². The third-order valence-electron chi connectivity index (χ3n) is 7.20. The summed E-state index contributed by atoms with van der Waals surface area (Å²) in [7, 11) is 0.